The van der Waals surface area contributed by atoms with E-state index in [1.54, 1.807) is 23.0 Å². The quantitative estimate of drug-likeness (QED) is 0.344. The van der Waals surface area contributed by atoms with E-state index in [0.29, 0.717) is 27.7 Å². The minimum absolute atomic E-state index is 0.223. The molecule has 3 aromatic carbocycles. The molecule has 0 unspecified atom stereocenters. The van der Waals surface area contributed by atoms with Crippen LogP contribution in [0.5, 0.6) is 0 Å². The Bertz CT molecular complexity index is 1440. The Balaban J connectivity index is 1.79. The molecule has 0 radical (unpaired) electrons. The standard InChI is InChI=1S/C26H21ClN4O/c1-2-6-18-9-11-19(12-10-18)24-29-25-23(28-17-30(25)21-7-4-3-5-8-21)26(32)31(24)22-15-13-20(27)14-16-22/h3-5,7-17H,2,6H2,1H3. The van der Waals surface area contributed by atoms with Crippen LogP contribution in [-0.4, -0.2) is 19.1 Å². The van der Waals surface area contributed by atoms with Crippen LogP contribution in [0.1, 0.15) is 18.9 Å². The first-order chi connectivity index (χ1) is 15.7. The highest BCUT2D eigenvalue weighted by Gasteiger charge is 2.18. The van der Waals surface area contributed by atoms with Gasteiger partial charge in [-0.1, -0.05) is 67.4 Å². The second kappa shape index (κ2) is 8.44. The van der Waals surface area contributed by atoms with Crippen LogP contribution in [-0.2, 0) is 6.42 Å². The van der Waals surface area contributed by atoms with E-state index in [9.17, 15) is 4.79 Å². The summed E-state index contributed by atoms with van der Waals surface area (Å²) in [5.41, 5.74) is 4.33. The van der Waals surface area contributed by atoms with Crippen molar-refractivity contribution in [3.63, 3.8) is 0 Å². The third-order valence-corrected chi connectivity index (χ3v) is 5.69. The van der Waals surface area contributed by atoms with Crippen molar-refractivity contribution in [2.45, 2.75) is 19.8 Å². The first kappa shape index (κ1) is 20.2. The number of imidazole rings is 1. The van der Waals surface area contributed by atoms with Gasteiger partial charge in [-0.25, -0.2) is 9.97 Å². The summed E-state index contributed by atoms with van der Waals surface area (Å²) >= 11 is 6.09. The topological polar surface area (TPSA) is 52.7 Å². The van der Waals surface area contributed by atoms with Gasteiger partial charge in [0.15, 0.2) is 11.2 Å². The van der Waals surface area contributed by atoms with Crippen LogP contribution >= 0.6 is 11.6 Å². The lowest BCUT2D eigenvalue weighted by Gasteiger charge is -2.14. The summed E-state index contributed by atoms with van der Waals surface area (Å²) < 4.78 is 3.45. The molecule has 0 bridgehead atoms. The number of benzene rings is 3. The molecular weight excluding hydrogens is 420 g/mol. The lowest BCUT2D eigenvalue weighted by molar-refractivity contribution is 0.920. The van der Waals surface area contributed by atoms with Crippen LogP contribution in [0, 0.1) is 0 Å². The molecule has 0 saturated carbocycles. The second-order valence-electron chi connectivity index (χ2n) is 7.62. The number of nitrogens with zero attached hydrogens (tertiary/aromatic N) is 4. The van der Waals surface area contributed by atoms with Crippen LogP contribution in [0.3, 0.4) is 0 Å². The average molecular weight is 441 g/mol. The van der Waals surface area contributed by atoms with Crippen LogP contribution in [0.15, 0.2) is 90.0 Å². The van der Waals surface area contributed by atoms with Gasteiger partial charge in [0, 0.05) is 16.3 Å². The summed E-state index contributed by atoms with van der Waals surface area (Å²) in [4.78, 5) is 23.0. The van der Waals surface area contributed by atoms with E-state index >= 15 is 0 Å². The van der Waals surface area contributed by atoms with Crippen molar-refractivity contribution in [2.24, 2.45) is 0 Å². The largest absolute Gasteiger partial charge is 0.286 e. The Kier molecular flexibility index (Phi) is 5.33. The molecule has 2 heterocycles. The molecule has 0 aliphatic rings. The Morgan fingerprint density at radius 2 is 1.59 bits per heavy atom. The Morgan fingerprint density at radius 1 is 0.875 bits per heavy atom. The van der Waals surface area contributed by atoms with Crippen molar-refractivity contribution < 1.29 is 0 Å². The predicted molar refractivity (Wildman–Crippen MR) is 129 cm³/mol. The number of hydrogen-bond donors (Lipinski definition) is 0. The summed E-state index contributed by atoms with van der Waals surface area (Å²) in [6, 6.07) is 25.2. The highest BCUT2D eigenvalue weighted by molar-refractivity contribution is 6.30. The molecule has 5 rings (SSSR count). The van der Waals surface area contributed by atoms with Crippen molar-refractivity contribution in [3.8, 4) is 22.8 Å². The van der Waals surface area contributed by atoms with Gasteiger partial charge in [-0.2, -0.15) is 0 Å². The van der Waals surface area contributed by atoms with Crippen molar-refractivity contribution >= 4 is 22.8 Å². The molecule has 0 aliphatic heterocycles. The molecule has 5 nitrogen and oxygen atoms in total. The van der Waals surface area contributed by atoms with Gasteiger partial charge in [-0.05, 0) is 48.4 Å². The monoisotopic (exact) mass is 440 g/mol. The van der Waals surface area contributed by atoms with E-state index in [1.165, 1.54) is 5.56 Å². The second-order valence-corrected chi connectivity index (χ2v) is 8.06. The molecule has 0 spiro atoms. The van der Waals surface area contributed by atoms with E-state index in [-0.39, 0.29) is 5.56 Å². The molecule has 0 aliphatic carbocycles. The third-order valence-electron chi connectivity index (χ3n) is 5.44. The van der Waals surface area contributed by atoms with Gasteiger partial charge in [0.2, 0.25) is 0 Å². The zero-order chi connectivity index (χ0) is 22.1. The van der Waals surface area contributed by atoms with E-state index in [2.05, 4.69) is 24.0 Å². The third kappa shape index (κ3) is 3.61. The first-order valence-corrected chi connectivity index (χ1v) is 10.9. The molecule has 0 amide bonds. The lowest BCUT2D eigenvalue weighted by atomic mass is 10.1. The fraction of sp³-hybridized carbons (Fsp3) is 0.115. The van der Waals surface area contributed by atoms with Gasteiger partial charge in [-0.15, -0.1) is 0 Å². The maximum atomic E-state index is 13.6. The fourth-order valence-corrected chi connectivity index (χ4v) is 3.99. The minimum Gasteiger partial charge on any atom is -0.283 e. The molecule has 6 heteroatoms. The van der Waals surface area contributed by atoms with Crippen molar-refractivity contribution in [3.05, 3.63) is 106 Å². The zero-order valence-electron chi connectivity index (χ0n) is 17.6. The summed E-state index contributed by atoms with van der Waals surface area (Å²) in [6.45, 7) is 2.16. The smallest absolute Gasteiger partial charge is 0.283 e. The molecule has 0 atom stereocenters. The van der Waals surface area contributed by atoms with Gasteiger partial charge in [-0.3, -0.25) is 13.9 Å². The van der Waals surface area contributed by atoms with Crippen molar-refractivity contribution in [2.75, 3.05) is 0 Å². The van der Waals surface area contributed by atoms with Gasteiger partial charge >= 0.3 is 0 Å². The van der Waals surface area contributed by atoms with Crippen molar-refractivity contribution in [1.82, 2.24) is 19.1 Å². The first-order valence-electron chi connectivity index (χ1n) is 10.6. The maximum Gasteiger partial charge on any atom is 0.286 e. The highest BCUT2D eigenvalue weighted by atomic mass is 35.5. The Labute approximate surface area is 190 Å². The van der Waals surface area contributed by atoms with E-state index in [0.717, 1.165) is 24.1 Å². The number of fused-ring (bicyclic) bond motifs is 1. The number of rotatable bonds is 5. The summed E-state index contributed by atoms with van der Waals surface area (Å²) in [6.07, 6.45) is 3.74. The van der Waals surface area contributed by atoms with Crippen LogP contribution in [0.4, 0.5) is 0 Å². The summed E-state index contributed by atoms with van der Waals surface area (Å²) in [7, 11) is 0. The molecule has 32 heavy (non-hydrogen) atoms. The van der Waals surface area contributed by atoms with Crippen molar-refractivity contribution in [1.29, 1.82) is 0 Å². The number of para-hydroxylation sites is 1. The average Bonchev–Trinajstić information content (AvgIpc) is 3.26. The summed E-state index contributed by atoms with van der Waals surface area (Å²) in [5, 5.41) is 0.606. The molecular formula is C26H21ClN4O. The predicted octanol–water partition coefficient (Wildman–Crippen LogP) is 5.84. The van der Waals surface area contributed by atoms with Crippen LogP contribution in [0.25, 0.3) is 33.9 Å². The van der Waals surface area contributed by atoms with E-state index < -0.39 is 0 Å². The SMILES string of the molecule is CCCc1ccc(-c2nc3c(ncn3-c3ccccc3)c(=O)n2-c2ccc(Cl)cc2)cc1. The molecule has 2 aromatic heterocycles. The highest BCUT2D eigenvalue weighted by Crippen LogP contribution is 2.24. The number of halogens is 1. The minimum atomic E-state index is -0.223. The molecule has 0 fully saturated rings. The Hall–Kier alpha value is -3.70. The van der Waals surface area contributed by atoms with Crippen LogP contribution < -0.4 is 5.56 Å². The van der Waals surface area contributed by atoms with Gasteiger partial charge < -0.3 is 0 Å². The molecule has 5 aromatic rings. The normalized spacial score (nSPS) is 11.2. The number of aryl methyl sites for hydroxylation is 1. The van der Waals surface area contributed by atoms with Gasteiger partial charge in [0.25, 0.3) is 5.56 Å². The van der Waals surface area contributed by atoms with Gasteiger partial charge in [0.1, 0.15) is 12.2 Å². The maximum absolute atomic E-state index is 13.6. The van der Waals surface area contributed by atoms with E-state index in [1.807, 2.05) is 59.2 Å². The zero-order valence-corrected chi connectivity index (χ0v) is 18.3. The molecule has 0 saturated heterocycles. The summed E-state index contributed by atoms with van der Waals surface area (Å²) in [5.74, 6) is 0.561. The van der Waals surface area contributed by atoms with Gasteiger partial charge in [0.05, 0.1) is 5.69 Å². The lowest BCUT2D eigenvalue weighted by Crippen LogP contribution is -2.22. The number of hydrogen-bond acceptors (Lipinski definition) is 3. The van der Waals surface area contributed by atoms with E-state index in [4.69, 9.17) is 16.6 Å². The number of aromatic nitrogens is 4. The molecule has 0 N–H and O–H groups in total. The van der Waals surface area contributed by atoms with Crippen LogP contribution in [0.2, 0.25) is 5.02 Å². The Morgan fingerprint density at radius 3 is 2.28 bits per heavy atom. The molecule has 158 valence electrons. The fourth-order valence-electron chi connectivity index (χ4n) is 3.86.